The van der Waals surface area contributed by atoms with Crippen LogP contribution in [0.5, 0.6) is 28.7 Å². The maximum absolute atomic E-state index is 13.3. The first-order valence-electron chi connectivity index (χ1n) is 10.8. The zero-order valence-electron chi connectivity index (χ0n) is 19.6. The highest BCUT2D eigenvalue weighted by Crippen LogP contribution is 2.43. The fraction of sp³-hybridized carbons (Fsp3) is 0.375. The molecule has 12 heteroatoms. The third-order valence-electron chi connectivity index (χ3n) is 5.95. The summed E-state index contributed by atoms with van der Waals surface area (Å²) in [6, 6.07) is 6.08. The molecule has 0 saturated carbocycles. The molecule has 0 spiro atoms. The molecular weight excluding hydrogens is 480 g/mol. The Hall–Kier alpha value is -3.55. The van der Waals surface area contributed by atoms with Gasteiger partial charge in [-0.05, 0) is 17.7 Å². The highest BCUT2D eigenvalue weighted by atomic mass is 16.7. The van der Waals surface area contributed by atoms with Crippen molar-refractivity contribution < 1.29 is 53.6 Å². The number of rotatable bonds is 7. The maximum atomic E-state index is 13.3. The van der Waals surface area contributed by atoms with E-state index in [0.717, 1.165) is 0 Å². The summed E-state index contributed by atoms with van der Waals surface area (Å²) in [6.07, 6.45) is -6.52. The Balaban J connectivity index is 1.78. The molecule has 0 amide bonds. The lowest BCUT2D eigenvalue weighted by Crippen LogP contribution is -2.60. The molecular formula is C24H26O12. The van der Waals surface area contributed by atoms with Crippen molar-refractivity contribution in [3.63, 3.8) is 0 Å². The third-order valence-corrected chi connectivity index (χ3v) is 5.95. The Kier molecular flexibility index (Phi) is 7.24. The monoisotopic (exact) mass is 506 g/mol. The summed E-state index contributed by atoms with van der Waals surface area (Å²) in [5.74, 6) is -0.193. The van der Waals surface area contributed by atoms with Gasteiger partial charge in [0.25, 0.3) is 0 Å². The minimum atomic E-state index is -1.70. The largest absolute Gasteiger partial charge is 0.504 e. The molecule has 5 atom stereocenters. The summed E-state index contributed by atoms with van der Waals surface area (Å²) in [6.45, 7) is -0.654. The summed E-state index contributed by atoms with van der Waals surface area (Å²) in [4.78, 5) is 13.3. The standard InChI is InChI=1S/C24H26O12/c1-31-12-5-4-10(6-13(12)32-2)11-9-34-14-7-15(23(33-3)20(28)17(14)18(11)26)35-24-22(30)21(29)19(27)16(8-25)36-24/h4-7,9,16,19,21-22,24-25,27-30H,8H2,1-3H3/t16?,19-,21+,22?,24-/m1/s1. The molecule has 36 heavy (non-hydrogen) atoms. The highest BCUT2D eigenvalue weighted by Gasteiger charge is 2.45. The molecule has 1 fully saturated rings. The molecule has 12 nitrogen and oxygen atoms in total. The minimum absolute atomic E-state index is 0.0675. The maximum Gasteiger partial charge on any atom is 0.229 e. The fourth-order valence-corrected chi connectivity index (χ4v) is 4.00. The molecule has 0 bridgehead atoms. The van der Waals surface area contributed by atoms with E-state index in [-0.39, 0.29) is 28.0 Å². The van der Waals surface area contributed by atoms with Crippen LogP contribution in [-0.4, -0.2) is 84.2 Å². The van der Waals surface area contributed by atoms with E-state index in [1.807, 2.05) is 0 Å². The summed E-state index contributed by atoms with van der Waals surface area (Å²) in [5, 5.41) is 50.4. The predicted molar refractivity (Wildman–Crippen MR) is 124 cm³/mol. The Morgan fingerprint density at radius 3 is 2.28 bits per heavy atom. The van der Waals surface area contributed by atoms with Crippen molar-refractivity contribution in [2.75, 3.05) is 27.9 Å². The van der Waals surface area contributed by atoms with Crippen LogP contribution in [0, 0.1) is 0 Å². The molecule has 0 radical (unpaired) electrons. The molecule has 2 unspecified atom stereocenters. The molecule has 1 aliphatic rings. The zero-order chi connectivity index (χ0) is 26.1. The van der Waals surface area contributed by atoms with Crippen molar-refractivity contribution in [2.45, 2.75) is 30.7 Å². The second-order valence-corrected chi connectivity index (χ2v) is 7.99. The van der Waals surface area contributed by atoms with E-state index in [2.05, 4.69) is 0 Å². The number of phenolic OH excluding ortho intramolecular Hbond substituents is 1. The van der Waals surface area contributed by atoms with E-state index in [0.29, 0.717) is 17.1 Å². The minimum Gasteiger partial charge on any atom is -0.504 e. The first-order valence-corrected chi connectivity index (χ1v) is 10.8. The SMILES string of the molecule is COc1ccc(-c2coc3cc(O[C@@H]4OC(CO)[C@@H](O)[C@H](O)C4O)c(OC)c(O)c3c2=O)cc1OC. The molecule has 2 aromatic carbocycles. The molecule has 1 saturated heterocycles. The van der Waals surface area contributed by atoms with Gasteiger partial charge >= 0.3 is 0 Å². The van der Waals surface area contributed by atoms with Crippen LogP contribution < -0.4 is 24.4 Å². The van der Waals surface area contributed by atoms with Gasteiger partial charge < -0.3 is 53.6 Å². The Morgan fingerprint density at radius 1 is 0.917 bits per heavy atom. The molecule has 1 aromatic heterocycles. The van der Waals surface area contributed by atoms with Crippen molar-refractivity contribution in [2.24, 2.45) is 0 Å². The van der Waals surface area contributed by atoms with Crippen LogP contribution in [0.25, 0.3) is 22.1 Å². The second kappa shape index (κ2) is 10.2. The van der Waals surface area contributed by atoms with E-state index in [1.54, 1.807) is 18.2 Å². The van der Waals surface area contributed by atoms with Gasteiger partial charge in [0.1, 0.15) is 41.6 Å². The van der Waals surface area contributed by atoms with E-state index in [1.165, 1.54) is 33.7 Å². The molecule has 4 rings (SSSR count). The second-order valence-electron chi connectivity index (χ2n) is 7.99. The number of aromatic hydroxyl groups is 1. The van der Waals surface area contributed by atoms with E-state index >= 15 is 0 Å². The fourth-order valence-electron chi connectivity index (χ4n) is 4.00. The van der Waals surface area contributed by atoms with Gasteiger partial charge in [-0.2, -0.15) is 0 Å². The van der Waals surface area contributed by atoms with E-state index < -0.39 is 48.5 Å². The van der Waals surface area contributed by atoms with Crippen LogP contribution in [0.3, 0.4) is 0 Å². The molecule has 1 aliphatic heterocycles. The zero-order valence-corrected chi connectivity index (χ0v) is 19.6. The van der Waals surface area contributed by atoms with Crippen LogP contribution in [-0.2, 0) is 4.74 Å². The lowest BCUT2D eigenvalue weighted by molar-refractivity contribution is -0.277. The molecule has 0 aliphatic carbocycles. The quantitative estimate of drug-likeness (QED) is 0.298. The summed E-state index contributed by atoms with van der Waals surface area (Å²) < 4.78 is 32.3. The average Bonchev–Trinajstić information content (AvgIpc) is 2.88. The number of hydrogen-bond acceptors (Lipinski definition) is 12. The van der Waals surface area contributed by atoms with Gasteiger partial charge in [0.2, 0.25) is 17.5 Å². The number of aliphatic hydroxyl groups is 4. The van der Waals surface area contributed by atoms with Crippen molar-refractivity contribution in [3.8, 4) is 39.9 Å². The van der Waals surface area contributed by atoms with Crippen LogP contribution in [0.1, 0.15) is 0 Å². The van der Waals surface area contributed by atoms with Gasteiger partial charge in [-0.15, -0.1) is 0 Å². The van der Waals surface area contributed by atoms with Crippen molar-refractivity contribution >= 4 is 11.0 Å². The first kappa shape index (κ1) is 25.5. The number of fused-ring (bicyclic) bond motifs is 1. The average molecular weight is 506 g/mol. The van der Waals surface area contributed by atoms with Crippen LogP contribution >= 0.6 is 0 Å². The molecule has 194 valence electrons. The van der Waals surface area contributed by atoms with Crippen molar-refractivity contribution in [1.82, 2.24) is 0 Å². The Morgan fingerprint density at radius 2 is 1.64 bits per heavy atom. The summed E-state index contributed by atoms with van der Waals surface area (Å²) >= 11 is 0. The van der Waals surface area contributed by atoms with E-state index in [9.17, 15) is 30.3 Å². The number of phenols is 1. The normalized spacial score (nSPS) is 23.9. The van der Waals surface area contributed by atoms with Gasteiger partial charge in [0, 0.05) is 6.07 Å². The number of aliphatic hydroxyl groups excluding tert-OH is 4. The molecule has 2 heterocycles. The van der Waals surface area contributed by atoms with Crippen molar-refractivity contribution in [3.05, 3.63) is 40.8 Å². The van der Waals surface area contributed by atoms with Gasteiger partial charge in [0.05, 0.1) is 33.5 Å². The molecule has 3 aromatic rings. The number of methoxy groups -OCH3 is 3. The number of benzene rings is 2. The van der Waals surface area contributed by atoms with Gasteiger partial charge in [-0.25, -0.2) is 0 Å². The van der Waals surface area contributed by atoms with Gasteiger partial charge in [0.15, 0.2) is 23.0 Å². The summed E-state index contributed by atoms with van der Waals surface area (Å²) in [5.41, 5.74) is -0.0625. The predicted octanol–water partition coefficient (Wildman–Crippen LogP) is 0.370. The topological polar surface area (TPSA) is 178 Å². The lowest BCUT2D eigenvalue weighted by atomic mass is 9.99. The van der Waals surface area contributed by atoms with E-state index in [4.69, 9.17) is 28.1 Å². The smallest absolute Gasteiger partial charge is 0.229 e. The van der Waals surface area contributed by atoms with Gasteiger partial charge in [-0.1, -0.05) is 6.07 Å². The third kappa shape index (κ3) is 4.29. The van der Waals surface area contributed by atoms with Crippen molar-refractivity contribution in [1.29, 1.82) is 0 Å². The first-order chi connectivity index (χ1) is 17.2. The highest BCUT2D eigenvalue weighted by molar-refractivity contribution is 5.91. The van der Waals surface area contributed by atoms with Crippen LogP contribution in [0.2, 0.25) is 0 Å². The van der Waals surface area contributed by atoms with Crippen LogP contribution in [0.4, 0.5) is 0 Å². The van der Waals surface area contributed by atoms with Gasteiger partial charge in [-0.3, -0.25) is 4.79 Å². The summed E-state index contributed by atoms with van der Waals surface area (Å²) in [7, 11) is 4.16. The number of ether oxygens (including phenoxy) is 5. The lowest BCUT2D eigenvalue weighted by Gasteiger charge is -2.39. The molecule has 5 N–H and O–H groups in total. The Bertz CT molecular complexity index is 1300. The number of hydrogen-bond donors (Lipinski definition) is 5. The Labute approximate surface area is 204 Å². The van der Waals surface area contributed by atoms with Crippen LogP contribution in [0.15, 0.2) is 39.7 Å².